The van der Waals surface area contributed by atoms with E-state index in [-0.39, 0.29) is 17.2 Å². The van der Waals surface area contributed by atoms with E-state index < -0.39 is 0 Å². The van der Waals surface area contributed by atoms with Crippen molar-refractivity contribution in [2.45, 2.75) is 43.3 Å². The molecular weight excluding hydrogens is 298 g/mol. The fourth-order valence-electron chi connectivity index (χ4n) is 2.78. The second-order valence-corrected chi connectivity index (χ2v) is 6.54. The Bertz CT molecular complexity index is 723. The summed E-state index contributed by atoms with van der Waals surface area (Å²) in [6.45, 7) is 0. The number of nitrogens with zero attached hydrogens (tertiary/aromatic N) is 1. The first-order chi connectivity index (χ1) is 10.7. The molecule has 0 aliphatic heterocycles. The van der Waals surface area contributed by atoms with E-state index in [2.05, 4.69) is 15.3 Å². The number of benzene rings is 1. The molecule has 0 spiro atoms. The topological polar surface area (TPSA) is 74.8 Å². The Balaban J connectivity index is 1.61. The lowest BCUT2D eigenvalue weighted by Crippen LogP contribution is -2.37. The summed E-state index contributed by atoms with van der Waals surface area (Å²) < 4.78 is 0. The molecule has 0 unspecified atom stereocenters. The highest BCUT2D eigenvalue weighted by Gasteiger charge is 2.16. The lowest BCUT2D eigenvalue weighted by atomic mass is 9.95. The monoisotopic (exact) mass is 317 g/mol. The molecule has 2 aromatic rings. The van der Waals surface area contributed by atoms with E-state index in [0.29, 0.717) is 22.1 Å². The molecule has 3 rings (SSSR count). The average Bonchev–Trinajstić information content (AvgIpc) is 2.54. The van der Waals surface area contributed by atoms with Crippen LogP contribution in [0.4, 0.5) is 0 Å². The lowest BCUT2D eigenvalue weighted by molar-refractivity contribution is -0.119. The molecule has 5 nitrogen and oxygen atoms in total. The van der Waals surface area contributed by atoms with Gasteiger partial charge in [0.2, 0.25) is 5.91 Å². The van der Waals surface area contributed by atoms with Crippen LogP contribution in [0.3, 0.4) is 0 Å². The van der Waals surface area contributed by atoms with Gasteiger partial charge in [-0.1, -0.05) is 43.2 Å². The quantitative estimate of drug-likeness (QED) is 0.671. The number of rotatable bonds is 4. The number of aromatic nitrogens is 2. The highest BCUT2D eigenvalue weighted by atomic mass is 32.2. The molecule has 1 aliphatic carbocycles. The zero-order valence-electron chi connectivity index (χ0n) is 12.3. The van der Waals surface area contributed by atoms with Crippen LogP contribution < -0.4 is 10.9 Å². The van der Waals surface area contributed by atoms with Crippen LogP contribution in [0.25, 0.3) is 10.9 Å². The summed E-state index contributed by atoms with van der Waals surface area (Å²) in [5.41, 5.74) is 0.488. The van der Waals surface area contributed by atoms with Crippen LogP contribution in [0, 0.1) is 0 Å². The van der Waals surface area contributed by atoms with Crippen LogP contribution in [0.2, 0.25) is 0 Å². The van der Waals surface area contributed by atoms with Gasteiger partial charge in [-0.25, -0.2) is 4.98 Å². The van der Waals surface area contributed by atoms with Crippen molar-refractivity contribution in [2.24, 2.45) is 0 Å². The van der Waals surface area contributed by atoms with Gasteiger partial charge in [-0.05, 0) is 25.0 Å². The van der Waals surface area contributed by atoms with Crippen molar-refractivity contribution in [3.63, 3.8) is 0 Å². The van der Waals surface area contributed by atoms with E-state index in [4.69, 9.17) is 0 Å². The zero-order valence-corrected chi connectivity index (χ0v) is 13.1. The Morgan fingerprint density at radius 2 is 2.05 bits per heavy atom. The number of aromatic amines is 1. The third-order valence-corrected chi connectivity index (χ3v) is 4.77. The Hall–Kier alpha value is -1.82. The molecule has 1 saturated carbocycles. The molecule has 1 heterocycles. The van der Waals surface area contributed by atoms with Gasteiger partial charge in [0.05, 0.1) is 16.7 Å². The van der Waals surface area contributed by atoms with Crippen LogP contribution in [0.1, 0.15) is 32.1 Å². The number of hydrogen-bond acceptors (Lipinski definition) is 4. The van der Waals surface area contributed by atoms with Crippen molar-refractivity contribution >= 4 is 28.6 Å². The van der Waals surface area contributed by atoms with E-state index >= 15 is 0 Å². The second-order valence-electron chi connectivity index (χ2n) is 5.58. The Labute approximate surface area is 132 Å². The molecule has 1 aromatic heterocycles. The van der Waals surface area contributed by atoms with Crippen molar-refractivity contribution in [2.75, 3.05) is 5.75 Å². The fraction of sp³-hybridized carbons (Fsp3) is 0.438. The molecule has 1 amide bonds. The molecule has 0 atom stereocenters. The van der Waals surface area contributed by atoms with E-state index in [1.807, 2.05) is 12.1 Å². The number of thioether (sulfide) groups is 1. The maximum Gasteiger partial charge on any atom is 0.259 e. The molecule has 2 N–H and O–H groups in total. The summed E-state index contributed by atoms with van der Waals surface area (Å²) >= 11 is 1.27. The summed E-state index contributed by atoms with van der Waals surface area (Å²) in [6.07, 6.45) is 5.79. The number of H-pyrrole nitrogens is 1. The van der Waals surface area contributed by atoms with Gasteiger partial charge in [-0.15, -0.1) is 0 Å². The number of carbonyl (C=O) groups is 1. The predicted molar refractivity (Wildman–Crippen MR) is 88.1 cm³/mol. The third kappa shape index (κ3) is 3.68. The van der Waals surface area contributed by atoms with E-state index in [9.17, 15) is 9.59 Å². The summed E-state index contributed by atoms with van der Waals surface area (Å²) in [4.78, 5) is 31.0. The maximum atomic E-state index is 12.0. The molecule has 0 bridgehead atoms. The molecule has 6 heteroatoms. The lowest BCUT2D eigenvalue weighted by Gasteiger charge is -2.22. The minimum absolute atomic E-state index is 0.00714. The summed E-state index contributed by atoms with van der Waals surface area (Å²) in [5.74, 6) is 0.283. The van der Waals surface area contributed by atoms with Gasteiger partial charge in [-0.3, -0.25) is 9.59 Å². The van der Waals surface area contributed by atoms with Crippen LogP contribution in [-0.4, -0.2) is 27.7 Å². The minimum Gasteiger partial charge on any atom is -0.353 e. The van der Waals surface area contributed by atoms with Gasteiger partial charge in [0.15, 0.2) is 5.16 Å². The van der Waals surface area contributed by atoms with E-state index in [1.165, 1.54) is 31.0 Å². The Morgan fingerprint density at radius 3 is 2.86 bits per heavy atom. The van der Waals surface area contributed by atoms with Gasteiger partial charge in [-0.2, -0.15) is 0 Å². The number of fused-ring (bicyclic) bond motifs is 1. The molecule has 0 radical (unpaired) electrons. The minimum atomic E-state index is -0.166. The van der Waals surface area contributed by atoms with Crippen LogP contribution in [0.5, 0.6) is 0 Å². The van der Waals surface area contributed by atoms with Gasteiger partial charge >= 0.3 is 0 Å². The van der Waals surface area contributed by atoms with Crippen molar-refractivity contribution < 1.29 is 4.79 Å². The Kier molecular flexibility index (Phi) is 4.77. The third-order valence-electron chi connectivity index (χ3n) is 3.90. The maximum absolute atomic E-state index is 12.0. The van der Waals surface area contributed by atoms with Crippen LogP contribution in [0.15, 0.2) is 34.2 Å². The normalized spacial score (nSPS) is 15.8. The fourth-order valence-corrected chi connectivity index (χ4v) is 3.46. The molecule has 1 fully saturated rings. The first-order valence-corrected chi connectivity index (χ1v) is 8.62. The number of para-hydroxylation sites is 1. The number of nitrogens with one attached hydrogen (secondary N) is 2. The highest BCUT2D eigenvalue weighted by molar-refractivity contribution is 7.99. The highest BCUT2D eigenvalue weighted by Crippen LogP contribution is 2.18. The van der Waals surface area contributed by atoms with Gasteiger partial charge in [0.1, 0.15) is 0 Å². The number of amides is 1. The first kappa shape index (κ1) is 15.1. The molecule has 116 valence electrons. The van der Waals surface area contributed by atoms with Crippen molar-refractivity contribution in [3.05, 3.63) is 34.6 Å². The second kappa shape index (κ2) is 6.96. The first-order valence-electron chi connectivity index (χ1n) is 7.63. The van der Waals surface area contributed by atoms with Gasteiger partial charge < -0.3 is 10.3 Å². The van der Waals surface area contributed by atoms with Gasteiger partial charge in [0.25, 0.3) is 5.56 Å². The van der Waals surface area contributed by atoms with Gasteiger partial charge in [0, 0.05) is 6.04 Å². The molecular formula is C16H19N3O2S. The van der Waals surface area contributed by atoms with Crippen molar-refractivity contribution in [3.8, 4) is 0 Å². The van der Waals surface area contributed by atoms with Crippen LogP contribution >= 0.6 is 11.8 Å². The van der Waals surface area contributed by atoms with Crippen molar-refractivity contribution in [1.29, 1.82) is 0 Å². The molecule has 1 aliphatic rings. The number of carbonyl (C=O) groups excluding carboxylic acids is 1. The van der Waals surface area contributed by atoms with E-state index in [1.54, 1.807) is 12.1 Å². The van der Waals surface area contributed by atoms with Crippen molar-refractivity contribution in [1.82, 2.24) is 15.3 Å². The largest absolute Gasteiger partial charge is 0.353 e. The Morgan fingerprint density at radius 1 is 1.27 bits per heavy atom. The standard InChI is InChI=1S/C16H19N3O2S/c20-14(17-11-6-2-1-3-7-11)10-22-16-18-13-9-5-4-8-12(13)15(21)19-16/h4-5,8-9,11H,1-3,6-7,10H2,(H,17,20)(H,18,19,21). The SMILES string of the molecule is O=C(CSc1nc2ccccc2c(=O)[nH]1)NC1CCCCC1. The summed E-state index contributed by atoms with van der Waals surface area (Å²) in [6, 6.07) is 7.51. The molecule has 0 saturated heterocycles. The predicted octanol–water partition coefficient (Wildman–Crippen LogP) is 2.46. The molecule has 1 aromatic carbocycles. The van der Waals surface area contributed by atoms with E-state index in [0.717, 1.165) is 12.8 Å². The smallest absolute Gasteiger partial charge is 0.259 e. The van der Waals surface area contributed by atoms with Crippen LogP contribution in [-0.2, 0) is 4.79 Å². The zero-order chi connectivity index (χ0) is 15.4. The summed E-state index contributed by atoms with van der Waals surface area (Å²) in [5, 5.41) is 4.12. The summed E-state index contributed by atoms with van der Waals surface area (Å²) in [7, 11) is 0. The number of hydrogen-bond donors (Lipinski definition) is 2. The average molecular weight is 317 g/mol. The molecule has 22 heavy (non-hydrogen) atoms.